The van der Waals surface area contributed by atoms with Gasteiger partial charge in [0.15, 0.2) is 5.41 Å². The molecule has 1 aliphatic heterocycles. The number of amides is 2. The summed E-state index contributed by atoms with van der Waals surface area (Å²) in [6.07, 6.45) is -0.00104. The van der Waals surface area contributed by atoms with Crippen LogP contribution in [0.5, 0.6) is 0 Å². The van der Waals surface area contributed by atoms with Crippen molar-refractivity contribution in [2.45, 2.75) is 59.9 Å². The van der Waals surface area contributed by atoms with Gasteiger partial charge in [-0.05, 0) is 56.4 Å². The Morgan fingerprint density at radius 3 is 1.51 bits per heavy atom. The second kappa shape index (κ2) is 13.9. The molecule has 0 aromatic heterocycles. The number of imide groups is 1. The zero-order valence-corrected chi connectivity index (χ0v) is 26.3. The van der Waals surface area contributed by atoms with Gasteiger partial charge in [-0.2, -0.15) is 0 Å². The third-order valence-electron chi connectivity index (χ3n) is 7.43. The van der Waals surface area contributed by atoms with E-state index in [1.165, 1.54) is 12.1 Å². The number of hydrogen-bond donors (Lipinski definition) is 0. The summed E-state index contributed by atoms with van der Waals surface area (Å²) in [5.41, 5.74) is -1.90. The maximum Gasteiger partial charge on any atom is 0.326 e. The van der Waals surface area contributed by atoms with E-state index in [9.17, 15) is 24.0 Å². The first kappa shape index (κ1) is 33.1. The first-order chi connectivity index (χ1) is 21.3. The number of rotatable bonds is 12. The minimum Gasteiger partial charge on any atom is -0.460 e. The predicted molar refractivity (Wildman–Crippen MR) is 166 cm³/mol. The van der Waals surface area contributed by atoms with Gasteiger partial charge in [-0.25, -0.2) is 0 Å². The Morgan fingerprint density at radius 2 is 1.11 bits per heavy atom. The lowest BCUT2D eigenvalue weighted by molar-refractivity contribution is -0.190. The van der Waals surface area contributed by atoms with Crippen LogP contribution >= 0.6 is 0 Å². The Balaban J connectivity index is 1.86. The van der Waals surface area contributed by atoms with Crippen LogP contribution in [0.3, 0.4) is 0 Å². The van der Waals surface area contributed by atoms with Gasteiger partial charge in [0.2, 0.25) is 0 Å². The largest absolute Gasteiger partial charge is 0.460 e. The van der Waals surface area contributed by atoms with Crippen LogP contribution in [0, 0.1) is 17.3 Å². The summed E-state index contributed by atoms with van der Waals surface area (Å²) < 4.78 is 17.3. The first-order valence-electron chi connectivity index (χ1n) is 14.9. The molecule has 236 valence electrons. The zero-order chi connectivity index (χ0) is 32.8. The average Bonchev–Trinajstić information content (AvgIpc) is 3.25. The maximum absolute atomic E-state index is 14.5. The molecule has 0 N–H and O–H groups in total. The first-order valence-corrected chi connectivity index (χ1v) is 14.9. The highest BCUT2D eigenvalue weighted by atomic mass is 16.6. The highest BCUT2D eigenvalue weighted by Crippen LogP contribution is 2.41. The Kier molecular flexibility index (Phi) is 10.2. The van der Waals surface area contributed by atoms with Crippen molar-refractivity contribution in [2.75, 3.05) is 6.54 Å². The lowest BCUT2D eigenvalue weighted by Crippen LogP contribution is -2.58. The molecule has 9 nitrogen and oxygen atoms in total. The van der Waals surface area contributed by atoms with E-state index in [1.54, 1.807) is 93.6 Å². The summed E-state index contributed by atoms with van der Waals surface area (Å²) in [4.78, 5) is 71.0. The maximum atomic E-state index is 14.5. The molecule has 0 aliphatic carbocycles. The fourth-order valence-corrected chi connectivity index (χ4v) is 5.29. The van der Waals surface area contributed by atoms with E-state index >= 15 is 0 Å². The van der Waals surface area contributed by atoms with Crippen LogP contribution in [0.2, 0.25) is 0 Å². The van der Waals surface area contributed by atoms with Gasteiger partial charge in [0.1, 0.15) is 18.8 Å². The summed E-state index contributed by atoms with van der Waals surface area (Å²) in [6, 6.07) is 23.9. The Bertz CT molecular complexity index is 1450. The van der Waals surface area contributed by atoms with Crippen LogP contribution < -0.4 is 0 Å². The number of benzene rings is 3. The van der Waals surface area contributed by atoms with Gasteiger partial charge in [0.25, 0.3) is 11.8 Å². The minimum atomic E-state index is -2.45. The number of ether oxygens (including phenoxy) is 3. The van der Waals surface area contributed by atoms with E-state index in [1.807, 2.05) is 13.8 Å². The quantitative estimate of drug-likeness (QED) is 0.110. The highest BCUT2D eigenvalue weighted by molar-refractivity contribution is 6.22. The van der Waals surface area contributed by atoms with Gasteiger partial charge >= 0.3 is 17.9 Å². The molecular weight excluding hydrogens is 574 g/mol. The van der Waals surface area contributed by atoms with Gasteiger partial charge in [-0.15, -0.1) is 0 Å². The zero-order valence-electron chi connectivity index (χ0n) is 26.3. The van der Waals surface area contributed by atoms with E-state index < -0.39 is 53.2 Å². The smallest absolute Gasteiger partial charge is 0.326 e. The molecule has 1 atom stereocenters. The second-order valence-electron chi connectivity index (χ2n) is 12.6. The van der Waals surface area contributed by atoms with E-state index in [2.05, 4.69) is 0 Å². The summed E-state index contributed by atoms with van der Waals surface area (Å²) >= 11 is 0. The second-order valence-corrected chi connectivity index (χ2v) is 12.6. The Hall–Kier alpha value is -4.79. The fraction of sp³-hybridized carbons (Fsp3) is 0.361. The van der Waals surface area contributed by atoms with E-state index in [-0.39, 0.29) is 36.7 Å². The van der Waals surface area contributed by atoms with Gasteiger partial charge < -0.3 is 14.2 Å². The molecule has 0 bridgehead atoms. The van der Waals surface area contributed by atoms with Crippen molar-refractivity contribution in [3.63, 3.8) is 0 Å². The van der Waals surface area contributed by atoms with Crippen LogP contribution in [-0.2, 0) is 41.8 Å². The normalized spacial score (nSPS) is 13.8. The fourth-order valence-electron chi connectivity index (χ4n) is 5.29. The van der Waals surface area contributed by atoms with Crippen molar-refractivity contribution < 1.29 is 38.2 Å². The molecule has 2 amide bonds. The van der Waals surface area contributed by atoms with Crippen molar-refractivity contribution in [3.05, 3.63) is 107 Å². The van der Waals surface area contributed by atoms with Crippen LogP contribution in [0.4, 0.5) is 0 Å². The van der Waals surface area contributed by atoms with E-state index in [0.29, 0.717) is 11.1 Å². The summed E-state index contributed by atoms with van der Waals surface area (Å²) in [6.45, 7) is 7.44. The molecule has 9 heteroatoms. The number of hydrogen-bond acceptors (Lipinski definition) is 8. The van der Waals surface area contributed by atoms with Crippen molar-refractivity contribution in [2.24, 2.45) is 17.3 Å². The number of esters is 3. The molecule has 3 aromatic carbocycles. The van der Waals surface area contributed by atoms with E-state index in [4.69, 9.17) is 14.2 Å². The highest BCUT2D eigenvalue weighted by Gasteiger charge is 2.61. The molecule has 1 unspecified atom stereocenters. The molecule has 1 aliphatic rings. The van der Waals surface area contributed by atoms with Crippen LogP contribution in [0.1, 0.15) is 72.9 Å². The molecule has 0 radical (unpaired) electrons. The van der Waals surface area contributed by atoms with Gasteiger partial charge in [-0.1, -0.05) is 86.6 Å². The van der Waals surface area contributed by atoms with Crippen LogP contribution in [-0.4, -0.2) is 46.8 Å². The van der Waals surface area contributed by atoms with Gasteiger partial charge in [0.05, 0.1) is 23.6 Å². The average molecular weight is 614 g/mol. The topological polar surface area (TPSA) is 116 Å². The third-order valence-corrected chi connectivity index (χ3v) is 7.43. The van der Waals surface area contributed by atoms with Crippen molar-refractivity contribution in [1.29, 1.82) is 0 Å². The Labute approximate surface area is 263 Å². The molecular formula is C36H39NO8. The monoisotopic (exact) mass is 613 g/mol. The molecule has 0 spiro atoms. The molecule has 45 heavy (non-hydrogen) atoms. The predicted octanol–water partition coefficient (Wildman–Crippen LogP) is 5.76. The van der Waals surface area contributed by atoms with Crippen molar-refractivity contribution >= 4 is 29.7 Å². The van der Waals surface area contributed by atoms with Crippen molar-refractivity contribution in [3.8, 4) is 0 Å². The molecule has 4 rings (SSSR count). The number of carbonyl (C=O) groups is 5. The summed E-state index contributed by atoms with van der Waals surface area (Å²) in [7, 11) is 0. The van der Waals surface area contributed by atoms with Gasteiger partial charge in [0, 0.05) is 0 Å². The lowest BCUT2D eigenvalue weighted by atomic mass is 9.70. The molecule has 0 fully saturated rings. The number of fused-ring (bicyclic) bond motifs is 1. The third kappa shape index (κ3) is 7.66. The Morgan fingerprint density at radius 1 is 0.689 bits per heavy atom. The summed E-state index contributed by atoms with van der Waals surface area (Å²) in [5.74, 6) is -6.12. The van der Waals surface area contributed by atoms with Gasteiger partial charge in [-0.3, -0.25) is 28.9 Å². The van der Waals surface area contributed by atoms with Crippen LogP contribution in [0.25, 0.3) is 0 Å². The SMILES string of the molecule is CC(C)CC(C(=O)OC(C)(C)C)C(CN1C(=O)c2ccccc2C1=O)(C(=O)OCc1ccccc1)C(=O)OCc1ccccc1. The summed E-state index contributed by atoms with van der Waals surface area (Å²) in [5, 5.41) is 0. The van der Waals surface area contributed by atoms with Crippen LogP contribution in [0.15, 0.2) is 84.9 Å². The lowest BCUT2D eigenvalue weighted by Gasteiger charge is -2.38. The molecule has 3 aromatic rings. The minimum absolute atomic E-state index is 0.00104. The molecule has 0 saturated carbocycles. The van der Waals surface area contributed by atoms with Crippen molar-refractivity contribution in [1.82, 2.24) is 4.90 Å². The van der Waals surface area contributed by atoms with E-state index in [0.717, 1.165) is 4.90 Å². The molecule has 0 saturated heterocycles. The standard InChI is InChI=1S/C36H39NO8/c1-24(2)20-29(32(40)45-35(3,4)5)36(33(41)43-21-25-14-8-6-9-15-25,34(42)44-22-26-16-10-7-11-17-26)23-37-30(38)27-18-12-13-19-28(27)31(37)39/h6-19,24,29H,20-23H2,1-5H3. The molecule has 1 heterocycles. The number of nitrogens with zero attached hydrogens (tertiary/aromatic N) is 1. The number of carbonyl (C=O) groups excluding carboxylic acids is 5.